The van der Waals surface area contributed by atoms with E-state index in [9.17, 15) is 4.79 Å². The number of hydrogen-bond donors (Lipinski definition) is 1. The summed E-state index contributed by atoms with van der Waals surface area (Å²) in [7, 11) is 0. The van der Waals surface area contributed by atoms with Crippen LogP contribution in [-0.4, -0.2) is 12.5 Å². The minimum Gasteiger partial charge on any atom is -0.349 e. The second-order valence-electron chi connectivity index (χ2n) is 2.15. The van der Waals surface area contributed by atoms with Gasteiger partial charge in [0.25, 0.3) is 0 Å². The van der Waals surface area contributed by atoms with E-state index in [1.807, 2.05) is 0 Å². The first-order valence-corrected chi connectivity index (χ1v) is 3.59. The van der Waals surface area contributed by atoms with E-state index in [4.69, 9.17) is 0 Å². The molecule has 0 aliphatic heterocycles. The van der Waals surface area contributed by atoms with E-state index in [1.54, 1.807) is 18.2 Å². The Balaban J connectivity index is 3.82. The predicted octanol–water partition coefficient (Wildman–Crippen LogP) is 1.59. The molecule has 0 aromatic rings. The SMILES string of the molecule is C=CCNC(=O)/C=C\C(=C)C=C. The quantitative estimate of drug-likeness (QED) is 0.372. The van der Waals surface area contributed by atoms with E-state index < -0.39 is 0 Å². The van der Waals surface area contributed by atoms with Gasteiger partial charge in [0.2, 0.25) is 5.91 Å². The number of rotatable bonds is 5. The van der Waals surface area contributed by atoms with Gasteiger partial charge in [-0.05, 0) is 5.57 Å². The van der Waals surface area contributed by atoms with Crippen LogP contribution in [0, 0.1) is 0 Å². The van der Waals surface area contributed by atoms with E-state index in [2.05, 4.69) is 25.1 Å². The van der Waals surface area contributed by atoms with Crippen molar-refractivity contribution in [2.75, 3.05) is 6.54 Å². The maximum atomic E-state index is 10.9. The third-order valence-corrected chi connectivity index (χ3v) is 1.13. The molecular formula is C10H13NO. The topological polar surface area (TPSA) is 29.1 Å². The van der Waals surface area contributed by atoms with Crippen molar-refractivity contribution in [3.63, 3.8) is 0 Å². The van der Waals surface area contributed by atoms with Crippen LogP contribution in [0.1, 0.15) is 0 Å². The summed E-state index contributed by atoms with van der Waals surface area (Å²) < 4.78 is 0. The van der Waals surface area contributed by atoms with Crippen LogP contribution < -0.4 is 5.32 Å². The van der Waals surface area contributed by atoms with Gasteiger partial charge in [0.05, 0.1) is 0 Å². The van der Waals surface area contributed by atoms with Crippen LogP contribution in [0.3, 0.4) is 0 Å². The zero-order valence-corrected chi connectivity index (χ0v) is 7.05. The highest BCUT2D eigenvalue weighted by Crippen LogP contribution is 1.91. The van der Waals surface area contributed by atoms with E-state index >= 15 is 0 Å². The first kappa shape index (κ1) is 10.4. The molecule has 0 atom stereocenters. The molecule has 0 rings (SSSR count). The van der Waals surface area contributed by atoms with Crippen LogP contribution in [0.4, 0.5) is 0 Å². The van der Waals surface area contributed by atoms with Crippen LogP contribution in [0.5, 0.6) is 0 Å². The highest BCUT2D eigenvalue weighted by atomic mass is 16.1. The van der Waals surface area contributed by atoms with Crippen LogP contribution in [0.2, 0.25) is 0 Å². The highest BCUT2D eigenvalue weighted by Gasteiger charge is 1.89. The number of hydrogen-bond acceptors (Lipinski definition) is 1. The highest BCUT2D eigenvalue weighted by molar-refractivity contribution is 5.88. The van der Waals surface area contributed by atoms with Gasteiger partial charge < -0.3 is 5.32 Å². The molecule has 0 aliphatic carbocycles. The molecule has 1 amide bonds. The number of nitrogens with one attached hydrogen (secondary N) is 1. The summed E-state index contributed by atoms with van der Waals surface area (Å²) in [5.74, 6) is -0.155. The summed E-state index contributed by atoms with van der Waals surface area (Å²) >= 11 is 0. The zero-order chi connectivity index (χ0) is 9.40. The van der Waals surface area contributed by atoms with E-state index in [0.29, 0.717) is 12.1 Å². The predicted molar refractivity (Wildman–Crippen MR) is 51.7 cm³/mol. The van der Waals surface area contributed by atoms with Gasteiger partial charge in [0.1, 0.15) is 0 Å². The van der Waals surface area contributed by atoms with Crippen LogP contribution in [0.25, 0.3) is 0 Å². The smallest absolute Gasteiger partial charge is 0.244 e. The lowest BCUT2D eigenvalue weighted by molar-refractivity contribution is -0.116. The van der Waals surface area contributed by atoms with Crippen molar-refractivity contribution in [1.82, 2.24) is 5.32 Å². The summed E-state index contributed by atoms with van der Waals surface area (Å²) in [4.78, 5) is 10.9. The minimum atomic E-state index is -0.155. The Kier molecular flexibility index (Phi) is 5.35. The number of amides is 1. The Labute approximate surface area is 73.0 Å². The third kappa shape index (κ3) is 5.23. The summed E-state index contributed by atoms with van der Waals surface area (Å²) in [6.45, 7) is 11.1. The Morgan fingerprint density at radius 3 is 2.50 bits per heavy atom. The number of carbonyl (C=O) groups is 1. The average molecular weight is 163 g/mol. The molecule has 0 fully saturated rings. The lowest BCUT2D eigenvalue weighted by Crippen LogP contribution is -2.20. The van der Waals surface area contributed by atoms with Crippen molar-refractivity contribution in [2.45, 2.75) is 0 Å². The van der Waals surface area contributed by atoms with E-state index in [0.717, 1.165) is 0 Å². The molecule has 2 nitrogen and oxygen atoms in total. The van der Waals surface area contributed by atoms with Crippen molar-refractivity contribution in [2.24, 2.45) is 0 Å². The van der Waals surface area contributed by atoms with Gasteiger partial charge in [0, 0.05) is 12.6 Å². The first-order chi connectivity index (χ1) is 5.70. The lowest BCUT2D eigenvalue weighted by Gasteiger charge is -1.94. The second kappa shape index (κ2) is 6.16. The minimum absolute atomic E-state index is 0.155. The fourth-order valence-electron chi connectivity index (χ4n) is 0.482. The van der Waals surface area contributed by atoms with Gasteiger partial charge in [-0.15, -0.1) is 6.58 Å². The van der Waals surface area contributed by atoms with Crippen molar-refractivity contribution in [3.8, 4) is 0 Å². The fourth-order valence-corrected chi connectivity index (χ4v) is 0.482. The lowest BCUT2D eigenvalue weighted by atomic mass is 10.3. The van der Waals surface area contributed by atoms with Crippen LogP contribution >= 0.6 is 0 Å². The van der Waals surface area contributed by atoms with Gasteiger partial charge in [-0.2, -0.15) is 0 Å². The van der Waals surface area contributed by atoms with Gasteiger partial charge in [-0.1, -0.05) is 31.4 Å². The molecule has 0 aliphatic rings. The molecule has 0 unspecified atom stereocenters. The normalized spacial score (nSPS) is 9.33. The zero-order valence-electron chi connectivity index (χ0n) is 7.05. The molecule has 12 heavy (non-hydrogen) atoms. The molecule has 64 valence electrons. The average Bonchev–Trinajstić information content (AvgIpc) is 2.10. The molecule has 0 aromatic heterocycles. The molecule has 0 bridgehead atoms. The Bertz CT molecular complexity index is 226. The van der Waals surface area contributed by atoms with Crippen molar-refractivity contribution in [1.29, 1.82) is 0 Å². The molecule has 0 aromatic carbocycles. The van der Waals surface area contributed by atoms with Gasteiger partial charge in [0.15, 0.2) is 0 Å². The van der Waals surface area contributed by atoms with Gasteiger partial charge in [-0.3, -0.25) is 4.79 Å². The second-order valence-corrected chi connectivity index (χ2v) is 2.15. The largest absolute Gasteiger partial charge is 0.349 e. The maximum absolute atomic E-state index is 10.9. The van der Waals surface area contributed by atoms with Gasteiger partial charge in [-0.25, -0.2) is 0 Å². The molecule has 0 saturated heterocycles. The molecule has 0 saturated carbocycles. The standard InChI is InChI=1S/C10H13NO/c1-4-8-11-10(12)7-6-9(3)5-2/h4-7H,1-3,8H2,(H,11,12)/b7-6-. The van der Waals surface area contributed by atoms with Crippen LogP contribution in [-0.2, 0) is 4.79 Å². The monoisotopic (exact) mass is 163 g/mol. The molecule has 0 radical (unpaired) electrons. The molecule has 0 heterocycles. The Hall–Kier alpha value is -1.57. The molecular weight excluding hydrogens is 150 g/mol. The molecule has 1 N–H and O–H groups in total. The van der Waals surface area contributed by atoms with Crippen molar-refractivity contribution in [3.05, 3.63) is 49.6 Å². The summed E-state index contributed by atoms with van der Waals surface area (Å²) in [5.41, 5.74) is 0.712. The molecule has 2 heteroatoms. The maximum Gasteiger partial charge on any atom is 0.244 e. The first-order valence-electron chi connectivity index (χ1n) is 3.59. The van der Waals surface area contributed by atoms with E-state index in [1.165, 1.54) is 6.08 Å². The summed E-state index contributed by atoms with van der Waals surface area (Å²) in [5, 5.41) is 2.59. The Morgan fingerprint density at radius 2 is 2.00 bits per heavy atom. The van der Waals surface area contributed by atoms with Crippen molar-refractivity contribution >= 4 is 5.91 Å². The fraction of sp³-hybridized carbons (Fsp3) is 0.100. The van der Waals surface area contributed by atoms with Crippen LogP contribution in [0.15, 0.2) is 49.6 Å². The third-order valence-electron chi connectivity index (χ3n) is 1.13. The number of carbonyl (C=O) groups excluding carboxylic acids is 1. The molecule has 0 spiro atoms. The van der Waals surface area contributed by atoms with Crippen molar-refractivity contribution < 1.29 is 4.79 Å². The van der Waals surface area contributed by atoms with E-state index in [-0.39, 0.29) is 5.91 Å². The van der Waals surface area contributed by atoms with Gasteiger partial charge >= 0.3 is 0 Å². The Morgan fingerprint density at radius 1 is 1.33 bits per heavy atom. The summed E-state index contributed by atoms with van der Waals surface area (Å²) in [6, 6.07) is 0. The summed E-state index contributed by atoms with van der Waals surface area (Å²) in [6.07, 6.45) is 6.21. The number of allylic oxidation sites excluding steroid dienone is 3.